The van der Waals surface area contributed by atoms with Crippen molar-refractivity contribution >= 4 is 36.3 Å². The van der Waals surface area contributed by atoms with E-state index in [4.69, 9.17) is 16.3 Å². The van der Waals surface area contributed by atoms with Gasteiger partial charge in [-0.2, -0.15) is 0 Å². The van der Waals surface area contributed by atoms with Crippen LogP contribution >= 0.6 is 0 Å². The summed E-state index contributed by atoms with van der Waals surface area (Å²) in [7, 11) is -3.00. The molecule has 23 heavy (non-hydrogen) atoms. The minimum atomic E-state index is -3.00. The normalized spacial score (nSPS) is 13.6. The van der Waals surface area contributed by atoms with E-state index in [1.54, 1.807) is 24.3 Å². The van der Waals surface area contributed by atoms with Crippen molar-refractivity contribution in [3.63, 3.8) is 0 Å². The zero-order valence-electron chi connectivity index (χ0n) is 11.8. The van der Waals surface area contributed by atoms with Crippen LogP contribution in [0.2, 0.25) is 0 Å². The van der Waals surface area contributed by atoms with E-state index in [2.05, 4.69) is 0 Å². The van der Waals surface area contributed by atoms with Crippen LogP contribution in [0.4, 0.5) is 5.69 Å². The van der Waals surface area contributed by atoms with E-state index in [1.807, 2.05) is 24.3 Å². The molecule has 0 saturated carbocycles. The van der Waals surface area contributed by atoms with Gasteiger partial charge in [-0.3, -0.25) is 10.1 Å². The second kappa shape index (κ2) is 5.69. The molecule has 0 saturated heterocycles. The molecule has 3 aromatic carbocycles. The number of hydrogen-bond acceptors (Lipinski definition) is 4. The summed E-state index contributed by atoms with van der Waals surface area (Å²) in [6, 6.07) is 17.1. The van der Waals surface area contributed by atoms with Gasteiger partial charge in [0.05, 0.1) is 9.82 Å². The van der Waals surface area contributed by atoms with Crippen LogP contribution in [-0.4, -0.2) is 9.13 Å². The van der Waals surface area contributed by atoms with Crippen LogP contribution in [0.1, 0.15) is 0 Å². The number of nitro benzene ring substituents is 1. The van der Waals surface area contributed by atoms with Crippen LogP contribution in [0, 0.1) is 10.1 Å². The monoisotopic (exact) mass is 344 g/mol. The van der Waals surface area contributed by atoms with Crippen molar-refractivity contribution in [3.8, 4) is 11.1 Å². The van der Waals surface area contributed by atoms with E-state index < -0.39 is 13.6 Å². The first-order valence-corrected chi connectivity index (χ1v) is 9.22. The molecule has 1 atom stereocenters. The van der Waals surface area contributed by atoms with Gasteiger partial charge in [0.15, 0.2) is 0 Å². The first kappa shape index (κ1) is 15.5. The van der Waals surface area contributed by atoms with Gasteiger partial charge in [0.1, 0.15) is 8.68 Å². The van der Waals surface area contributed by atoms with Crippen LogP contribution < -0.4 is 5.14 Å². The summed E-state index contributed by atoms with van der Waals surface area (Å²) in [6.45, 7) is 0. The number of nitro groups is 1. The van der Waals surface area contributed by atoms with Gasteiger partial charge in [-0.15, -0.1) is 0 Å². The van der Waals surface area contributed by atoms with Crippen molar-refractivity contribution in [3.05, 3.63) is 70.8 Å². The van der Waals surface area contributed by atoms with Crippen molar-refractivity contribution in [2.45, 2.75) is 4.90 Å². The zero-order chi connectivity index (χ0) is 16.6. The first-order chi connectivity index (χ1) is 10.9. The highest BCUT2D eigenvalue weighted by molar-refractivity contribution is 8.31. The Bertz CT molecular complexity index is 1010. The fraction of sp³-hybridized carbons (Fsp3) is 0. The van der Waals surface area contributed by atoms with Crippen molar-refractivity contribution in [2.24, 2.45) is 5.14 Å². The summed E-state index contributed by atoms with van der Waals surface area (Å²) in [5, 5.41) is 18.0. The quantitative estimate of drug-likeness (QED) is 0.583. The number of nitrogens with two attached hydrogens (primary N) is 1. The number of fused-ring (bicyclic) bond motifs is 1. The fourth-order valence-electron chi connectivity index (χ4n) is 2.53. The molecule has 0 spiro atoms. The maximum atomic E-state index is 12.1. The van der Waals surface area contributed by atoms with Gasteiger partial charge < -0.3 is 0 Å². The molecule has 1 unspecified atom stereocenters. The predicted molar refractivity (Wildman–Crippen MR) is 94.0 cm³/mol. The molecular formula is C16H12N2O3S2. The molecule has 3 aromatic rings. The maximum Gasteiger partial charge on any atom is 0.269 e. The third kappa shape index (κ3) is 2.94. The second-order valence-electron chi connectivity index (χ2n) is 5.01. The molecule has 0 heterocycles. The average molecular weight is 344 g/mol. The number of rotatable bonds is 3. The van der Waals surface area contributed by atoms with Crippen molar-refractivity contribution in [1.82, 2.24) is 0 Å². The largest absolute Gasteiger partial charge is 0.269 e. The Kier molecular flexibility index (Phi) is 3.85. The van der Waals surface area contributed by atoms with Gasteiger partial charge in [0.2, 0.25) is 0 Å². The number of hydrogen-bond donors (Lipinski definition) is 1. The van der Waals surface area contributed by atoms with Gasteiger partial charge in [0, 0.05) is 23.3 Å². The Morgan fingerprint density at radius 3 is 2.13 bits per heavy atom. The lowest BCUT2D eigenvalue weighted by molar-refractivity contribution is -0.384. The van der Waals surface area contributed by atoms with Crippen LogP contribution in [0.5, 0.6) is 0 Å². The number of benzene rings is 3. The molecule has 5 nitrogen and oxygen atoms in total. The van der Waals surface area contributed by atoms with E-state index in [-0.39, 0.29) is 5.69 Å². The molecular weight excluding hydrogens is 332 g/mol. The Morgan fingerprint density at radius 1 is 0.957 bits per heavy atom. The fourth-order valence-corrected chi connectivity index (χ4v) is 3.71. The minimum Gasteiger partial charge on any atom is -0.258 e. The molecule has 2 N–H and O–H groups in total. The molecule has 116 valence electrons. The molecule has 0 aromatic heterocycles. The minimum absolute atomic E-state index is 0.0326. The molecule has 0 aliphatic heterocycles. The number of non-ortho nitro benzene ring substituents is 1. The average Bonchev–Trinajstić information content (AvgIpc) is 2.53. The predicted octanol–water partition coefficient (Wildman–Crippen LogP) is 3.39. The molecule has 0 bridgehead atoms. The zero-order valence-corrected chi connectivity index (χ0v) is 13.5. The summed E-state index contributed by atoms with van der Waals surface area (Å²) < 4.78 is 12.1. The van der Waals surface area contributed by atoms with E-state index in [0.29, 0.717) is 4.90 Å². The topological polar surface area (TPSA) is 86.2 Å². The van der Waals surface area contributed by atoms with E-state index >= 15 is 0 Å². The molecule has 0 aliphatic rings. The standard InChI is InChI=1S/C16H12N2O3S2/c17-23(21,22)16-10-9-13(14-3-1-2-4-15(14)16)11-5-7-12(8-6-11)18(19)20/h1-10H,(H2,17,21,22). The van der Waals surface area contributed by atoms with Crippen LogP contribution in [-0.2, 0) is 19.9 Å². The molecule has 7 heteroatoms. The Labute approximate surface area is 137 Å². The molecule has 0 fully saturated rings. The SMILES string of the molecule is NS(=O)(=S)c1ccc(-c2ccc([N+](=O)[O-])cc2)c2ccccc12. The Morgan fingerprint density at radius 2 is 1.57 bits per heavy atom. The molecule has 0 aliphatic carbocycles. The lowest BCUT2D eigenvalue weighted by Crippen LogP contribution is -2.11. The van der Waals surface area contributed by atoms with Gasteiger partial charge in [-0.1, -0.05) is 30.3 Å². The maximum absolute atomic E-state index is 12.1. The highest BCUT2D eigenvalue weighted by atomic mass is 32.8. The number of nitrogens with zero attached hydrogens (tertiary/aromatic N) is 1. The summed E-state index contributed by atoms with van der Waals surface area (Å²) in [6.07, 6.45) is 0. The lowest BCUT2D eigenvalue weighted by Gasteiger charge is -2.11. The van der Waals surface area contributed by atoms with Crippen molar-refractivity contribution in [2.75, 3.05) is 0 Å². The third-order valence-electron chi connectivity index (χ3n) is 3.58. The third-order valence-corrected chi connectivity index (χ3v) is 5.09. The van der Waals surface area contributed by atoms with Crippen molar-refractivity contribution < 1.29 is 9.13 Å². The van der Waals surface area contributed by atoms with Gasteiger partial charge in [0.25, 0.3) is 5.69 Å². The summed E-state index contributed by atoms with van der Waals surface area (Å²) in [5.74, 6) is 0. The van der Waals surface area contributed by atoms with E-state index in [9.17, 15) is 14.3 Å². The smallest absolute Gasteiger partial charge is 0.258 e. The molecule has 0 amide bonds. The van der Waals surface area contributed by atoms with Gasteiger partial charge in [-0.05, 0) is 40.1 Å². The highest BCUT2D eigenvalue weighted by Crippen LogP contribution is 2.33. The summed E-state index contributed by atoms with van der Waals surface area (Å²) >= 11 is 4.92. The molecule has 3 rings (SSSR count). The van der Waals surface area contributed by atoms with Crippen LogP contribution in [0.3, 0.4) is 0 Å². The van der Waals surface area contributed by atoms with Gasteiger partial charge >= 0.3 is 0 Å². The Balaban J connectivity index is 2.25. The molecule has 0 radical (unpaired) electrons. The van der Waals surface area contributed by atoms with Crippen LogP contribution in [0.25, 0.3) is 21.9 Å². The second-order valence-corrected chi connectivity index (χ2v) is 8.02. The summed E-state index contributed by atoms with van der Waals surface area (Å²) in [5.41, 5.74) is 1.73. The Hall–Kier alpha value is -2.35. The van der Waals surface area contributed by atoms with Crippen LogP contribution in [0.15, 0.2) is 65.6 Å². The van der Waals surface area contributed by atoms with Gasteiger partial charge in [-0.25, -0.2) is 9.35 Å². The first-order valence-electron chi connectivity index (χ1n) is 6.67. The van der Waals surface area contributed by atoms with Crippen molar-refractivity contribution in [1.29, 1.82) is 0 Å². The summed E-state index contributed by atoms with van der Waals surface area (Å²) in [4.78, 5) is 10.8. The van der Waals surface area contributed by atoms with E-state index in [1.165, 1.54) is 12.1 Å². The van der Waals surface area contributed by atoms with E-state index in [0.717, 1.165) is 21.9 Å². The lowest BCUT2D eigenvalue weighted by atomic mass is 9.98. The highest BCUT2D eigenvalue weighted by Gasteiger charge is 2.13.